The molecule has 1 atom stereocenters. The largest absolute Gasteiger partial charge is 0.435 e. The predicted octanol–water partition coefficient (Wildman–Crippen LogP) is 3.45. The summed E-state index contributed by atoms with van der Waals surface area (Å²) in [4.78, 5) is 1.96. The van der Waals surface area contributed by atoms with Gasteiger partial charge in [0.25, 0.3) is 0 Å². The lowest BCUT2D eigenvalue weighted by Gasteiger charge is -2.21. The summed E-state index contributed by atoms with van der Waals surface area (Å²) < 4.78 is 30.4. The number of halogens is 3. The molecule has 23 heavy (non-hydrogen) atoms. The van der Waals surface area contributed by atoms with Gasteiger partial charge in [0.05, 0.1) is 11.1 Å². The third-order valence-electron chi connectivity index (χ3n) is 3.48. The Morgan fingerprint density at radius 1 is 1.30 bits per heavy atom. The van der Waals surface area contributed by atoms with E-state index >= 15 is 0 Å². The van der Waals surface area contributed by atoms with Crippen molar-refractivity contribution in [1.82, 2.24) is 9.47 Å². The van der Waals surface area contributed by atoms with Gasteiger partial charge in [0.15, 0.2) is 0 Å². The highest BCUT2D eigenvalue weighted by Gasteiger charge is 2.13. The van der Waals surface area contributed by atoms with Crippen molar-refractivity contribution >= 4 is 11.6 Å². The topological polar surface area (TPSA) is 37.6 Å². The van der Waals surface area contributed by atoms with Crippen LogP contribution in [0.3, 0.4) is 0 Å². The molecular formula is C16H19ClF2N2O2. The summed E-state index contributed by atoms with van der Waals surface area (Å²) >= 11 is 5.95. The summed E-state index contributed by atoms with van der Waals surface area (Å²) in [5.74, 6) is 0.0720. The van der Waals surface area contributed by atoms with Crippen molar-refractivity contribution in [3.63, 3.8) is 0 Å². The molecule has 126 valence electrons. The summed E-state index contributed by atoms with van der Waals surface area (Å²) in [6, 6.07) is 7.87. The van der Waals surface area contributed by atoms with Crippen LogP contribution in [0.1, 0.15) is 17.4 Å². The Kier molecular flexibility index (Phi) is 5.98. The molecule has 0 amide bonds. The first-order valence-electron chi connectivity index (χ1n) is 7.07. The van der Waals surface area contributed by atoms with Crippen molar-refractivity contribution < 1.29 is 18.6 Å². The van der Waals surface area contributed by atoms with Crippen LogP contribution in [0.5, 0.6) is 5.75 Å². The summed E-state index contributed by atoms with van der Waals surface area (Å²) in [5, 5.41) is 10.9. The molecule has 1 unspecified atom stereocenters. The summed E-state index contributed by atoms with van der Waals surface area (Å²) in [5.41, 5.74) is 1.67. The van der Waals surface area contributed by atoms with Crippen LogP contribution in [-0.2, 0) is 13.6 Å². The van der Waals surface area contributed by atoms with E-state index < -0.39 is 12.7 Å². The third kappa shape index (κ3) is 5.20. The number of aryl methyl sites for hydroxylation is 1. The van der Waals surface area contributed by atoms with Crippen LogP contribution in [0.2, 0.25) is 5.02 Å². The van der Waals surface area contributed by atoms with Crippen LogP contribution >= 0.6 is 11.6 Å². The first-order valence-corrected chi connectivity index (χ1v) is 7.45. The SMILES string of the molecule is CN(Cc1cc(Cl)cn1C)CC(O)c1ccc(OC(F)F)cc1. The minimum atomic E-state index is -2.85. The quantitative estimate of drug-likeness (QED) is 0.836. The first-order chi connectivity index (χ1) is 10.8. The summed E-state index contributed by atoms with van der Waals surface area (Å²) in [7, 11) is 3.80. The van der Waals surface area contributed by atoms with Gasteiger partial charge in [-0.3, -0.25) is 4.90 Å². The van der Waals surface area contributed by atoms with Crippen molar-refractivity contribution in [1.29, 1.82) is 0 Å². The number of nitrogens with zero attached hydrogens (tertiary/aromatic N) is 2. The number of aromatic nitrogens is 1. The number of benzene rings is 1. The van der Waals surface area contributed by atoms with Gasteiger partial charge in [-0.05, 0) is 30.8 Å². The molecule has 1 heterocycles. The lowest BCUT2D eigenvalue weighted by Crippen LogP contribution is -2.25. The van der Waals surface area contributed by atoms with Crippen LogP contribution in [0.25, 0.3) is 0 Å². The van der Waals surface area contributed by atoms with E-state index in [0.29, 0.717) is 23.7 Å². The molecule has 1 aromatic carbocycles. The zero-order valence-electron chi connectivity index (χ0n) is 12.9. The van der Waals surface area contributed by atoms with Gasteiger partial charge in [-0.25, -0.2) is 0 Å². The number of hydrogen-bond acceptors (Lipinski definition) is 3. The Morgan fingerprint density at radius 2 is 1.96 bits per heavy atom. The van der Waals surface area contributed by atoms with E-state index in [2.05, 4.69) is 4.74 Å². The molecule has 4 nitrogen and oxygen atoms in total. The van der Waals surface area contributed by atoms with Crippen molar-refractivity contribution in [2.75, 3.05) is 13.6 Å². The second-order valence-electron chi connectivity index (χ2n) is 5.42. The van der Waals surface area contributed by atoms with E-state index in [-0.39, 0.29) is 5.75 Å². The fourth-order valence-electron chi connectivity index (χ4n) is 2.34. The molecule has 1 N–H and O–H groups in total. The Hall–Kier alpha value is -1.63. The highest BCUT2D eigenvalue weighted by Crippen LogP contribution is 2.21. The van der Waals surface area contributed by atoms with Gasteiger partial charge in [0.2, 0.25) is 0 Å². The lowest BCUT2D eigenvalue weighted by atomic mass is 10.1. The van der Waals surface area contributed by atoms with Crippen LogP contribution in [0.4, 0.5) is 8.78 Å². The number of rotatable bonds is 7. The predicted molar refractivity (Wildman–Crippen MR) is 84.8 cm³/mol. The maximum atomic E-state index is 12.1. The Morgan fingerprint density at radius 3 is 2.48 bits per heavy atom. The minimum absolute atomic E-state index is 0.0720. The van der Waals surface area contributed by atoms with E-state index in [1.54, 1.807) is 12.1 Å². The molecule has 0 radical (unpaired) electrons. The summed E-state index contributed by atoms with van der Waals surface area (Å²) in [6.45, 7) is -1.82. The fourth-order valence-corrected chi connectivity index (χ4v) is 2.61. The second kappa shape index (κ2) is 7.77. The first kappa shape index (κ1) is 17.7. The van der Waals surface area contributed by atoms with Gasteiger partial charge in [-0.2, -0.15) is 8.78 Å². The van der Waals surface area contributed by atoms with E-state index in [0.717, 1.165) is 5.69 Å². The number of aliphatic hydroxyl groups excluding tert-OH is 1. The second-order valence-corrected chi connectivity index (χ2v) is 5.86. The third-order valence-corrected chi connectivity index (χ3v) is 3.69. The minimum Gasteiger partial charge on any atom is -0.435 e. The maximum absolute atomic E-state index is 12.1. The molecule has 7 heteroatoms. The van der Waals surface area contributed by atoms with Crippen molar-refractivity contribution in [3.8, 4) is 5.75 Å². The molecular weight excluding hydrogens is 326 g/mol. The molecule has 0 saturated carbocycles. The lowest BCUT2D eigenvalue weighted by molar-refractivity contribution is -0.0498. The van der Waals surface area contributed by atoms with Crippen molar-refractivity contribution in [2.45, 2.75) is 19.3 Å². The van der Waals surface area contributed by atoms with Gasteiger partial charge in [0, 0.05) is 32.0 Å². The Balaban J connectivity index is 1.92. The maximum Gasteiger partial charge on any atom is 0.387 e. The van der Waals surface area contributed by atoms with Crippen molar-refractivity contribution in [3.05, 3.63) is 52.8 Å². The van der Waals surface area contributed by atoms with Crippen LogP contribution < -0.4 is 4.74 Å². The molecule has 0 fully saturated rings. The van der Waals surface area contributed by atoms with Gasteiger partial charge < -0.3 is 14.4 Å². The monoisotopic (exact) mass is 344 g/mol. The average molecular weight is 345 g/mol. The number of hydrogen-bond donors (Lipinski definition) is 1. The zero-order valence-corrected chi connectivity index (χ0v) is 13.7. The van der Waals surface area contributed by atoms with Crippen molar-refractivity contribution in [2.24, 2.45) is 7.05 Å². The summed E-state index contributed by atoms with van der Waals surface area (Å²) in [6.07, 6.45) is 1.10. The molecule has 2 aromatic rings. The number of alkyl halides is 2. The van der Waals surface area contributed by atoms with Crippen LogP contribution in [0.15, 0.2) is 36.5 Å². The normalized spacial score (nSPS) is 12.9. The highest BCUT2D eigenvalue weighted by molar-refractivity contribution is 6.30. The van der Waals surface area contributed by atoms with Gasteiger partial charge in [-0.1, -0.05) is 23.7 Å². The van der Waals surface area contributed by atoms with E-state index in [9.17, 15) is 13.9 Å². The molecule has 1 aromatic heterocycles. The molecule has 0 aliphatic rings. The van der Waals surface area contributed by atoms with Gasteiger partial charge >= 0.3 is 6.61 Å². The van der Waals surface area contributed by atoms with Gasteiger partial charge in [-0.15, -0.1) is 0 Å². The Bertz CT molecular complexity index is 632. The van der Waals surface area contributed by atoms with E-state index in [1.807, 2.05) is 35.8 Å². The van der Waals surface area contributed by atoms with Gasteiger partial charge in [0.1, 0.15) is 5.75 Å². The number of likely N-dealkylation sites (N-methyl/N-ethyl adjacent to an activating group) is 1. The molecule has 0 aliphatic heterocycles. The fraction of sp³-hybridized carbons (Fsp3) is 0.375. The zero-order chi connectivity index (χ0) is 17.0. The van der Waals surface area contributed by atoms with E-state index in [4.69, 9.17) is 11.6 Å². The van der Waals surface area contributed by atoms with Crippen LogP contribution in [0, 0.1) is 0 Å². The highest BCUT2D eigenvalue weighted by atomic mass is 35.5. The molecule has 0 bridgehead atoms. The Labute approximate surface area is 138 Å². The molecule has 0 spiro atoms. The molecule has 2 rings (SSSR count). The standard InChI is InChI=1S/C16H19ClF2N2O2/c1-20(9-13-7-12(17)8-21(13)2)10-15(22)11-3-5-14(6-4-11)23-16(18)19/h3-8,15-16,22H,9-10H2,1-2H3. The average Bonchev–Trinajstić information content (AvgIpc) is 2.76. The van der Waals surface area contributed by atoms with E-state index in [1.165, 1.54) is 12.1 Å². The molecule has 0 saturated heterocycles. The van der Waals surface area contributed by atoms with Crippen LogP contribution in [-0.4, -0.2) is 34.8 Å². The smallest absolute Gasteiger partial charge is 0.387 e. The molecule has 0 aliphatic carbocycles. The number of ether oxygens (including phenoxy) is 1. The number of aliphatic hydroxyl groups is 1.